The standard InChI is InChI=1S/C20H16F3NO4/c1-12(17-10-14-4-2-3-5-16(14)28-17)24-18(25)11-27-19(26)13-6-8-15(9-7-13)20(21,22)23/h2-10,12H,11H2,1H3,(H,24,25)/t12-/m0/s1. The van der Waals surface area contributed by atoms with E-state index >= 15 is 0 Å². The second kappa shape index (κ2) is 7.75. The Labute approximate surface area is 158 Å². The van der Waals surface area contributed by atoms with Crippen molar-refractivity contribution >= 4 is 22.8 Å². The summed E-state index contributed by atoms with van der Waals surface area (Å²) in [6.07, 6.45) is -4.49. The number of furan rings is 1. The van der Waals surface area contributed by atoms with Crippen molar-refractivity contribution in [3.63, 3.8) is 0 Å². The maximum Gasteiger partial charge on any atom is 0.416 e. The number of hydrogen-bond donors (Lipinski definition) is 1. The summed E-state index contributed by atoms with van der Waals surface area (Å²) < 4.78 is 48.1. The Kier molecular flexibility index (Phi) is 5.39. The zero-order valence-corrected chi connectivity index (χ0v) is 14.7. The predicted octanol–water partition coefficient (Wildman–Crippen LogP) is 4.49. The van der Waals surface area contributed by atoms with E-state index in [4.69, 9.17) is 9.15 Å². The van der Waals surface area contributed by atoms with Crippen molar-refractivity contribution in [2.24, 2.45) is 0 Å². The molecule has 146 valence electrons. The van der Waals surface area contributed by atoms with Crippen LogP contribution in [0.3, 0.4) is 0 Å². The monoisotopic (exact) mass is 391 g/mol. The van der Waals surface area contributed by atoms with Gasteiger partial charge in [0, 0.05) is 5.39 Å². The van der Waals surface area contributed by atoms with Crippen LogP contribution in [0.25, 0.3) is 11.0 Å². The van der Waals surface area contributed by atoms with Crippen LogP contribution < -0.4 is 5.32 Å². The van der Waals surface area contributed by atoms with Crippen LogP contribution in [0.2, 0.25) is 0 Å². The Bertz CT molecular complexity index is 960. The number of para-hydroxylation sites is 1. The molecular formula is C20H16F3NO4. The van der Waals surface area contributed by atoms with E-state index in [2.05, 4.69) is 5.32 Å². The number of fused-ring (bicyclic) bond motifs is 1. The van der Waals surface area contributed by atoms with E-state index in [-0.39, 0.29) is 5.56 Å². The van der Waals surface area contributed by atoms with Crippen molar-refractivity contribution in [3.05, 3.63) is 71.5 Å². The molecule has 1 N–H and O–H groups in total. The van der Waals surface area contributed by atoms with Gasteiger partial charge in [0.25, 0.3) is 5.91 Å². The molecule has 0 aliphatic carbocycles. The maximum absolute atomic E-state index is 12.5. The minimum Gasteiger partial charge on any atom is -0.459 e. The summed E-state index contributed by atoms with van der Waals surface area (Å²) in [6.45, 7) is 1.15. The number of benzene rings is 2. The van der Waals surface area contributed by atoms with Crippen LogP contribution in [-0.4, -0.2) is 18.5 Å². The first-order chi connectivity index (χ1) is 13.2. The first-order valence-corrected chi connectivity index (χ1v) is 8.36. The molecular weight excluding hydrogens is 375 g/mol. The van der Waals surface area contributed by atoms with Gasteiger partial charge in [-0.2, -0.15) is 13.2 Å². The zero-order valence-electron chi connectivity index (χ0n) is 14.7. The lowest BCUT2D eigenvalue weighted by atomic mass is 10.1. The van der Waals surface area contributed by atoms with Gasteiger partial charge in [-0.05, 0) is 43.3 Å². The Morgan fingerprint density at radius 2 is 1.79 bits per heavy atom. The summed E-state index contributed by atoms with van der Waals surface area (Å²) in [5.41, 5.74) is -0.264. The topological polar surface area (TPSA) is 68.5 Å². The van der Waals surface area contributed by atoms with Gasteiger partial charge in [0.15, 0.2) is 6.61 Å². The molecule has 3 rings (SSSR count). The highest BCUT2D eigenvalue weighted by molar-refractivity contribution is 5.91. The Hall–Kier alpha value is -3.29. The summed E-state index contributed by atoms with van der Waals surface area (Å²) in [4.78, 5) is 23.9. The first-order valence-electron chi connectivity index (χ1n) is 8.36. The maximum atomic E-state index is 12.5. The molecule has 1 heterocycles. The van der Waals surface area contributed by atoms with E-state index in [9.17, 15) is 22.8 Å². The third-order valence-electron chi connectivity index (χ3n) is 4.03. The lowest BCUT2D eigenvalue weighted by Crippen LogP contribution is -2.31. The lowest BCUT2D eigenvalue weighted by molar-refractivity contribution is -0.137. The third kappa shape index (κ3) is 4.51. The molecule has 0 bridgehead atoms. The van der Waals surface area contributed by atoms with Crippen molar-refractivity contribution in [2.45, 2.75) is 19.1 Å². The largest absolute Gasteiger partial charge is 0.459 e. The van der Waals surface area contributed by atoms with E-state index in [1.165, 1.54) is 0 Å². The highest BCUT2D eigenvalue weighted by atomic mass is 19.4. The molecule has 0 unspecified atom stereocenters. The van der Waals surface area contributed by atoms with Gasteiger partial charge in [0.05, 0.1) is 17.2 Å². The molecule has 0 aliphatic rings. The molecule has 0 saturated heterocycles. The quantitative estimate of drug-likeness (QED) is 0.651. The van der Waals surface area contributed by atoms with Gasteiger partial charge in [-0.1, -0.05) is 18.2 Å². The van der Waals surface area contributed by atoms with Crippen molar-refractivity contribution in [1.29, 1.82) is 0 Å². The molecule has 1 atom stereocenters. The molecule has 28 heavy (non-hydrogen) atoms. The van der Waals surface area contributed by atoms with Gasteiger partial charge < -0.3 is 14.5 Å². The molecule has 0 spiro atoms. The van der Waals surface area contributed by atoms with Gasteiger partial charge >= 0.3 is 12.1 Å². The van der Waals surface area contributed by atoms with Gasteiger partial charge in [-0.3, -0.25) is 4.79 Å². The number of hydrogen-bond acceptors (Lipinski definition) is 4. The fraction of sp³-hybridized carbons (Fsp3) is 0.200. The fourth-order valence-corrected chi connectivity index (χ4v) is 2.58. The smallest absolute Gasteiger partial charge is 0.416 e. The van der Waals surface area contributed by atoms with E-state index in [1.54, 1.807) is 19.1 Å². The second-order valence-corrected chi connectivity index (χ2v) is 6.13. The number of carbonyl (C=O) groups is 2. The van der Waals surface area contributed by atoms with Gasteiger partial charge in [0.2, 0.25) is 0 Å². The Morgan fingerprint density at radius 1 is 1.11 bits per heavy atom. The summed E-state index contributed by atoms with van der Waals surface area (Å²) in [5.74, 6) is -0.905. The zero-order chi connectivity index (χ0) is 20.3. The van der Waals surface area contributed by atoms with Crippen molar-refractivity contribution in [2.75, 3.05) is 6.61 Å². The van der Waals surface area contributed by atoms with E-state index < -0.39 is 36.3 Å². The number of nitrogens with one attached hydrogen (secondary N) is 1. The third-order valence-corrected chi connectivity index (χ3v) is 4.03. The number of alkyl halides is 3. The average Bonchev–Trinajstić information content (AvgIpc) is 3.10. The van der Waals surface area contributed by atoms with Crippen LogP contribution in [0.1, 0.15) is 34.6 Å². The normalized spacial score (nSPS) is 12.6. The summed E-state index contributed by atoms with van der Waals surface area (Å²) >= 11 is 0. The molecule has 0 aliphatic heterocycles. The van der Waals surface area contributed by atoms with Crippen molar-refractivity contribution in [3.8, 4) is 0 Å². The SMILES string of the molecule is C[C@H](NC(=O)COC(=O)c1ccc(C(F)(F)F)cc1)c1cc2ccccc2o1. The minimum absolute atomic E-state index is 0.0777. The molecule has 2 aromatic carbocycles. The summed E-state index contributed by atoms with van der Waals surface area (Å²) in [7, 11) is 0. The van der Waals surface area contributed by atoms with Gasteiger partial charge in [-0.25, -0.2) is 4.79 Å². The van der Waals surface area contributed by atoms with Crippen LogP contribution in [0.4, 0.5) is 13.2 Å². The number of carbonyl (C=O) groups excluding carboxylic acids is 2. The highest BCUT2D eigenvalue weighted by Gasteiger charge is 2.30. The molecule has 1 amide bonds. The van der Waals surface area contributed by atoms with Crippen LogP contribution in [-0.2, 0) is 15.7 Å². The molecule has 0 radical (unpaired) electrons. The van der Waals surface area contributed by atoms with E-state index in [1.807, 2.05) is 18.2 Å². The van der Waals surface area contributed by atoms with E-state index in [0.717, 1.165) is 29.7 Å². The van der Waals surface area contributed by atoms with Crippen LogP contribution >= 0.6 is 0 Å². The number of rotatable bonds is 5. The summed E-state index contributed by atoms with van der Waals surface area (Å²) in [5, 5.41) is 3.53. The number of halogens is 3. The van der Waals surface area contributed by atoms with E-state index in [0.29, 0.717) is 11.3 Å². The number of ether oxygens (including phenoxy) is 1. The van der Waals surface area contributed by atoms with Crippen molar-refractivity contribution < 1.29 is 31.9 Å². The van der Waals surface area contributed by atoms with Crippen molar-refractivity contribution in [1.82, 2.24) is 5.32 Å². The van der Waals surface area contributed by atoms with Gasteiger partial charge in [0.1, 0.15) is 11.3 Å². The number of esters is 1. The molecule has 0 fully saturated rings. The predicted molar refractivity (Wildman–Crippen MR) is 94.5 cm³/mol. The van der Waals surface area contributed by atoms with Crippen LogP contribution in [0.15, 0.2) is 59.0 Å². The number of amides is 1. The fourth-order valence-electron chi connectivity index (χ4n) is 2.58. The average molecular weight is 391 g/mol. The lowest BCUT2D eigenvalue weighted by Gasteiger charge is -2.12. The molecule has 0 saturated carbocycles. The molecule has 1 aromatic heterocycles. The molecule has 8 heteroatoms. The molecule has 5 nitrogen and oxygen atoms in total. The Morgan fingerprint density at radius 3 is 2.43 bits per heavy atom. The van der Waals surface area contributed by atoms with Gasteiger partial charge in [-0.15, -0.1) is 0 Å². The summed E-state index contributed by atoms with van der Waals surface area (Å²) in [6, 6.07) is 12.3. The van der Waals surface area contributed by atoms with Crippen LogP contribution in [0, 0.1) is 0 Å². The van der Waals surface area contributed by atoms with Crippen LogP contribution in [0.5, 0.6) is 0 Å². The first kappa shape index (κ1) is 19.5. The molecule has 3 aromatic rings. The second-order valence-electron chi connectivity index (χ2n) is 6.13. The minimum atomic E-state index is -4.49. The highest BCUT2D eigenvalue weighted by Crippen LogP contribution is 2.29. The Balaban J connectivity index is 1.54.